The van der Waals surface area contributed by atoms with E-state index < -0.39 is 0 Å². The standard InChI is InChI=1S/C28H34FN3O/c1-30(27(33)24-19-22-9-10-26(29)21-23(22)20-24)17-18-31-15-11-28(12-16-31,32-13-5-6-14-32)25-7-3-2-4-8-25/h2-4,7-10,20-21H,5-6,11-19H2,1H3. The first-order chi connectivity index (χ1) is 16.0. The summed E-state index contributed by atoms with van der Waals surface area (Å²) in [5.41, 5.74) is 4.24. The van der Waals surface area contributed by atoms with Crippen LogP contribution >= 0.6 is 0 Å². The SMILES string of the molecule is CN(CCN1CCC(c2ccccc2)(N2CCCC2)CC1)C(=O)C1=Cc2cc(F)ccc2C1. The number of hydrogen-bond donors (Lipinski definition) is 0. The molecule has 2 aliphatic heterocycles. The third kappa shape index (κ3) is 4.49. The summed E-state index contributed by atoms with van der Waals surface area (Å²) in [6, 6.07) is 15.8. The predicted octanol–water partition coefficient (Wildman–Crippen LogP) is 4.31. The molecule has 5 heteroatoms. The molecular formula is C28H34FN3O. The lowest BCUT2D eigenvalue weighted by Crippen LogP contribution is -2.53. The molecule has 0 aromatic heterocycles. The van der Waals surface area contributed by atoms with Crippen LogP contribution in [0, 0.1) is 5.82 Å². The first-order valence-electron chi connectivity index (χ1n) is 12.3. The number of nitrogens with zero attached hydrogens (tertiary/aromatic N) is 3. The van der Waals surface area contributed by atoms with Crippen LogP contribution in [0.15, 0.2) is 54.1 Å². The quantitative estimate of drug-likeness (QED) is 0.660. The second kappa shape index (κ2) is 9.40. The number of benzene rings is 2. The Labute approximate surface area is 196 Å². The van der Waals surface area contributed by atoms with Gasteiger partial charge in [-0.15, -0.1) is 0 Å². The van der Waals surface area contributed by atoms with Gasteiger partial charge in [-0.1, -0.05) is 36.4 Å². The van der Waals surface area contributed by atoms with Crippen LogP contribution in [0.25, 0.3) is 6.08 Å². The van der Waals surface area contributed by atoms with E-state index in [0.717, 1.165) is 49.2 Å². The Bertz CT molecular complexity index is 1020. The largest absolute Gasteiger partial charge is 0.341 e. The van der Waals surface area contributed by atoms with Crippen molar-refractivity contribution in [2.45, 2.75) is 37.6 Å². The van der Waals surface area contributed by atoms with Crippen molar-refractivity contribution in [1.29, 1.82) is 0 Å². The van der Waals surface area contributed by atoms with E-state index in [2.05, 4.69) is 40.1 Å². The molecule has 2 fully saturated rings. The number of likely N-dealkylation sites (tertiary alicyclic amines) is 2. The number of carbonyl (C=O) groups is 1. The van der Waals surface area contributed by atoms with E-state index in [1.807, 2.05) is 18.0 Å². The summed E-state index contributed by atoms with van der Waals surface area (Å²) in [5, 5.41) is 0. The second-order valence-electron chi connectivity index (χ2n) is 9.85. The maximum absolute atomic E-state index is 13.5. The molecule has 0 bridgehead atoms. The van der Waals surface area contributed by atoms with Crippen LogP contribution in [-0.4, -0.2) is 66.9 Å². The molecular weight excluding hydrogens is 413 g/mol. The summed E-state index contributed by atoms with van der Waals surface area (Å²) < 4.78 is 13.5. The number of piperidine rings is 1. The van der Waals surface area contributed by atoms with Crippen molar-refractivity contribution in [1.82, 2.24) is 14.7 Å². The van der Waals surface area contributed by atoms with Gasteiger partial charge in [0.05, 0.1) is 0 Å². The molecule has 33 heavy (non-hydrogen) atoms. The molecule has 1 amide bonds. The number of fused-ring (bicyclic) bond motifs is 1. The highest BCUT2D eigenvalue weighted by atomic mass is 19.1. The molecule has 2 aromatic rings. The smallest absolute Gasteiger partial charge is 0.249 e. The monoisotopic (exact) mass is 447 g/mol. The zero-order valence-corrected chi connectivity index (χ0v) is 19.6. The molecule has 0 N–H and O–H groups in total. The molecule has 5 rings (SSSR count). The Balaban J connectivity index is 1.17. The topological polar surface area (TPSA) is 26.8 Å². The average Bonchev–Trinajstić information content (AvgIpc) is 3.53. The van der Waals surface area contributed by atoms with Gasteiger partial charge < -0.3 is 9.80 Å². The van der Waals surface area contributed by atoms with E-state index in [1.165, 1.54) is 43.6 Å². The Morgan fingerprint density at radius 2 is 1.76 bits per heavy atom. The molecule has 0 saturated carbocycles. The molecule has 2 aromatic carbocycles. The average molecular weight is 448 g/mol. The van der Waals surface area contributed by atoms with Gasteiger partial charge >= 0.3 is 0 Å². The van der Waals surface area contributed by atoms with E-state index in [1.54, 1.807) is 6.07 Å². The predicted molar refractivity (Wildman–Crippen MR) is 130 cm³/mol. The van der Waals surface area contributed by atoms with Crippen molar-refractivity contribution in [3.05, 3.63) is 76.6 Å². The summed E-state index contributed by atoms with van der Waals surface area (Å²) in [6.07, 6.45) is 7.33. The highest BCUT2D eigenvalue weighted by molar-refractivity contribution is 6.00. The minimum absolute atomic E-state index is 0.0549. The fraction of sp³-hybridized carbons (Fsp3) is 0.464. The number of carbonyl (C=O) groups excluding carboxylic acids is 1. The Morgan fingerprint density at radius 3 is 2.48 bits per heavy atom. The van der Waals surface area contributed by atoms with Crippen molar-refractivity contribution in [2.24, 2.45) is 0 Å². The highest BCUT2D eigenvalue weighted by Gasteiger charge is 2.42. The molecule has 1 aliphatic carbocycles. The summed E-state index contributed by atoms with van der Waals surface area (Å²) in [6.45, 7) is 6.12. The molecule has 2 saturated heterocycles. The second-order valence-corrected chi connectivity index (χ2v) is 9.85. The first-order valence-corrected chi connectivity index (χ1v) is 12.3. The van der Waals surface area contributed by atoms with E-state index in [-0.39, 0.29) is 17.3 Å². The van der Waals surface area contributed by atoms with Crippen molar-refractivity contribution < 1.29 is 9.18 Å². The number of halogens is 1. The van der Waals surface area contributed by atoms with Crippen LogP contribution in [0.1, 0.15) is 42.4 Å². The minimum Gasteiger partial charge on any atom is -0.341 e. The lowest BCUT2D eigenvalue weighted by molar-refractivity contribution is -0.126. The Kier molecular flexibility index (Phi) is 6.35. The van der Waals surface area contributed by atoms with Gasteiger partial charge in [0.15, 0.2) is 0 Å². The first kappa shape index (κ1) is 22.3. The van der Waals surface area contributed by atoms with Gasteiger partial charge in [0, 0.05) is 50.8 Å². The lowest BCUT2D eigenvalue weighted by atomic mass is 9.79. The highest BCUT2D eigenvalue weighted by Crippen LogP contribution is 2.40. The molecule has 3 aliphatic rings. The van der Waals surface area contributed by atoms with Crippen molar-refractivity contribution >= 4 is 12.0 Å². The lowest BCUT2D eigenvalue weighted by Gasteiger charge is -2.48. The number of rotatable bonds is 6. The number of amides is 1. The third-order valence-corrected chi connectivity index (χ3v) is 7.90. The van der Waals surface area contributed by atoms with Gasteiger partial charge in [-0.2, -0.15) is 0 Å². The van der Waals surface area contributed by atoms with Crippen LogP contribution in [0.2, 0.25) is 0 Å². The van der Waals surface area contributed by atoms with Crippen LogP contribution in [-0.2, 0) is 16.8 Å². The van der Waals surface area contributed by atoms with E-state index >= 15 is 0 Å². The van der Waals surface area contributed by atoms with Crippen LogP contribution in [0.4, 0.5) is 4.39 Å². The normalized spacial score (nSPS) is 20.5. The van der Waals surface area contributed by atoms with Crippen molar-refractivity contribution in [3.8, 4) is 0 Å². The van der Waals surface area contributed by atoms with Crippen molar-refractivity contribution in [2.75, 3.05) is 46.3 Å². The maximum atomic E-state index is 13.5. The number of likely N-dealkylation sites (N-methyl/N-ethyl adjacent to an activating group) is 1. The van der Waals surface area contributed by atoms with Gasteiger partial charge in [-0.25, -0.2) is 4.39 Å². The van der Waals surface area contributed by atoms with Gasteiger partial charge in [0.1, 0.15) is 5.82 Å². The van der Waals surface area contributed by atoms with Crippen LogP contribution in [0.5, 0.6) is 0 Å². The fourth-order valence-electron chi connectivity index (χ4n) is 5.91. The maximum Gasteiger partial charge on any atom is 0.249 e. The zero-order valence-electron chi connectivity index (χ0n) is 19.6. The molecule has 2 heterocycles. The zero-order chi connectivity index (χ0) is 22.8. The molecule has 4 nitrogen and oxygen atoms in total. The van der Waals surface area contributed by atoms with Gasteiger partial charge in [-0.3, -0.25) is 9.69 Å². The molecule has 0 atom stereocenters. The van der Waals surface area contributed by atoms with Gasteiger partial charge in [-0.05, 0) is 73.7 Å². The van der Waals surface area contributed by atoms with Crippen LogP contribution in [0.3, 0.4) is 0 Å². The van der Waals surface area contributed by atoms with E-state index in [4.69, 9.17) is 0 Å². The minimum atomic E-state index is -0.252. The summed E-state index contributed by atoms with van der Waals surface area (Å²) in [7, 11) is 1.88. The Morgan fingerprint density at radius 1 is 1.03 bits per heavy atom. The van der Waals surface area contributed by atoms with Gasteiger partial charge in [0.2, 0.25) is 5.91 Å². The number of hydrogen-bond acceptors (Lipinski definition) is 3. The van der Waals surface area contributed by atoms with Gasteiger partial charge in [0.25, 0.3) is 0 Å². The summed E-state index contributed by atoms with van der Waals surface area (Å²) >= 11 is 0. The summed E-state index contributed by atoms with van der Waals surface area (Å²) in [4.78, 5) is 20.0. The third-order valence-electron chi connectivity index (χ3n) is 7.90. The van der Waals surface area contributed by atoms with E-state index in [9.17, 15) is 9.18 Å². The molecule has 0 radical (unpaired) electrons. The Hall–Kier alpha value is -2.50. The fourth-order valence-corrected chi connectivity index (χ4v) is 5.91. The summed E-state index contributed by atoms with van der Waals surface area (Å²) in [5.74, 6) is -0.197. The van der Waals surface area contributed by atoms with Crippen molar-refractivity contribution in [3.63, 3.8) is 0 Å². The molecule has 174 valence electrons. The van der Waals surface area contributed by atoms with Crippen LogP contribution < -0.4 is 0 Å². The molecule has 0 unspecified atom stereocenters. The van der Waals surface area contributed by atoms with E-state index in [0.29, 0.717) is 13.0 Å². The molecule has 0 spiro atoms.